The number of hydrogen-bond acceptors (Lipinski definition) is 6. The minimum Gasteiger partial charge on any atom is -0.244 e. The molecule has 3 nitrogen and oxygen atoms in total. The van der Waals surface area contributed by atoms with E-state index in [2.05, 4.69) is 9.97 Å². The number of pyridine rings is 1. The van der Waals surface area contributed by atoms with Crippen LogP contribution in [0.4, 0.5) is 9.02 Å². The molecule has 2 heterocycles. The van der Waals surface area contributed by atoms with E-state index < -0.39 is 0 Å². The summed E-state index contributed by atoms with van der Waals surface area (Å²) < 4.78 is 14.5. The van der Waals surface area contributed by atoms with Gasteiger partial charge < -0.3 is 0 Å². The molecule has 0 aliphatic rings. The van der Waals surface area contributed by atoms with Gasteiger partial charge in [0.1, 0.15) is 5.15 Å². The van der Waals surface area contributed by atoms with Crippen LogP contribution in [0.2, 0.25) is 5.15 Å². The van der Waals surface area contributed by atoms with Crippen LogP contribution >= 0.6 is 47.2 Å². The van der Waals surface area contributed by atoms with Crippen molar-refractivity contribution in [3.63, 3.8) is 0 Å². The van der Waals surface area contributed by atoms with Crippen molar-refractivity contribution < 1.29 is 3.89 Å². The molecule has 0 aliphatic heterocycles. The zero-order chi connectivity index (χ0) is 13.9. The largest absolute Gasteiger partial charge is 0.244 e. The summed E-state index contributed by atoms with van der Waals surface area (Å²) in [5.74, 6) is 0. The van der Waals surface area contributed by atoms with E-state index >= 15 is 0 Å². The zero-order valence-electron chi connectivity index (χ0n) is 9.86. The van der Waals surface area contributed by atoms with Crippen LogP contribution in [0.25, 0.3) is 10.8 Å². The summed E-state index contributed by atoms with van der Waals surface area (Å²) in [4.78, 5) is 9.03. The first-order valence-electron chi connectivity index (χ1n) is 5.48. The third-order valence-corrected chi connectivity index (χ3v) is 5.30. The van der Waals surface area contributed by atoms with E-state index in [-0.39, 0.29) is 12.3 Å². The number of benzene rings is 1. The quantitative estimate of drug-likeness (QED) is 0.468. The Kier molecular flexibility index (Phi) is 4.30. The molecule has 8 heteroatoms. The van der Waals surface area contributed by atoms with Crippen LogP contribution in [0.1, 0.15) is 0 Å². The van der Waals surface area contributed by atoms with Gasteiger partial charge in [0.25, 0.3) is 0 Å². The highest BCUT2D eigenvalue weighted by Gasteiger charge is 2.13. The van der Waals surface area contributed by atoms with E-state index in [0.717, 1.165) is 15.7 Å². The molecule has 0 unspecified atom stereocenters. The van der Waals surface area contributed by atoms with Crippen molar-refractivity contribution in [2.24, 2.45) is 0 Å². The minimum absolute atomic E-state index is 0.137. The summed E-state index contributed by atoms with van der Waals surface area (Å²) in [6.07, 6.45) is 3.30. The average Bonchev–Trinajstić information content (AvgIpc) is 2.99. The first-order valence-corrected chi connectivity index (χ1v) is 8.19. The summed E-state index contributed by atoms with van der Waals surface area (Å²) in [7, 11) is 0. The summed E-state index contributed by atoms with van der Waals surface area (Å²) in [6.45, 7) is 0. The maximum Gasteiger partial charge on any atom is 0.208 e. The van der Waals surface area contributed by atoms with Gasteiger partial charge in [0, 0.05) is 40.0 Å². The molecule has 0 saturated carbocycles. The number of thiazole rings is 1. The van der Waals surface area contributed by atoms with Gasteiger partial charge in [0.2, 0.25) is 5.13 Å². The topological polar surface area (TPSA) is 29.0 Å². The number of aromatic nitrogens is 2. The number of rotatable bonds is 4. The van der Waals surface area contributed by atoms with E-state index in [0.29, 0.717) is 10.3 Å². The molecule has 0 amide bonds. The monoisotopic (exact) mass is 343 g/mol. The molecule has 0 saturated heterocycles. The van der Waals surface area contributed by atoms with Crippen molar-refractivity contribution in [3.05, 3.63) is 47.2 Å². The lowest BCUT2D eigenvalue weighted by atomic mass is 10.2. The van der Waals surface area contributed by atoms with Gasteiger partial charge in [-0.2, -0.15) is 3.71 Å². The second-order valence-electron chi connectivity index (χ2n) is 3.72. The molecule has 20 heavy (non-hydrogen) atoms. The average molecular weight is 344 g/mol. The molecule has 0 atom stereocenters. The lowest BCUT2D eigenvalue weighted by molar-refractivity contribution is 0.938. The van der Waals surface area contributed by atoms with Gasteiger partial charge in [0.15, 0.2) is 12.3 Å². The molecule has 1 aromatic carbocycles. The van der Waals surface area contributed by atoms with Crippen molar-refractivity contribution in [2.45, 2.75) is 4.90 Å². The second kappa shape index (κ2) is 6.17. The normalized spacial score (nSPS) is 10.9. The summed E-state index contributed by atoms with van der Waals surface area (Å²) in [5, 5.41) is 4.74. The molecule has 0 fully saturated rings. The molecule has 2 aromatic heterocycles. The highest BCUT2D eigenvalue weighted by Crippen LogP contribution is 2.37. The summed E-state index contributed by atoms with van der Waals surface area (Å²) >= 11 is 8.82. The summed E-state index contributed by atoms with van der Waals surface area (Å²) in [6, 6.07) is 7.60. The van der Waals surface area contributed by atoms with Gasteiger partial charge in [-0.1, -0.05) is 17.7 Å². The van der Waals surface area contributed by atoms with E-state index in [4.69, 9.17) is 11.6 Å². The van der Waals surface area contributed by atoms with Crippen LogP contribution in [-0.4, -0.2) is 9.97 Å². The third-order valence-electron chi connectivity index (χ3n) is 2.51. The molecule has 3 rings (SSSR count). The van der Waals surface area contributed by atoms with Gasteiger partial charge in [-0.05, 0) is 23.6 Å². The number of nitrogens with zero attached hydrogens (tertiary/aromatic N) is 3. The molecule has 0 aliphatic carbocycles. The van der Waals surface area contributed by atoms with Gasteiger partial charge in [-0.15, -0.1) is 15.2 Å². The highest BCUT2D eigenvalue weighted by atomic mass is 35.5. The molecule has 0 spiro atoms. The fourth-order valence-corrected chi connectivity index (χ4v) is 3.90. The van der Waals surface area contributed by atoms with Crippen LogP contribution in [0.3, 0.4) is 0 Å². The Morgan fingerprint density at radius 3 is 2.85 bits per heavy atom. The van der Waals surface area contributed by atoms with E-state index in [1.165, 1.54) is 27.0 Å². The fourth-order valence-electron chi connectivity index (χ4n) is 1.66. The lowest BCUT2D eigenvalue weighted by Gasteiger charge is -2.13. The molecule has 0 N–H and O–H groups in total. The second-order valence-corrected chi connectivity index (χ2v) is 6.70. The number of hydrogen-bond donors (Lipinski definition) is 0. The van der Waals surface area contributed by atoms with Gasteiger partial charge >= 0.3 is 0 Å². The number of anilines is 1. The van der Waals surface area contributed by atoms with E-state index in [9.17, 15) is 3.89 Å². The maximum atomic E-state index is 13.0. The van der Waals surface area contributed by atoms with Crippen LogP contribution in [0, 0.1) is 0 Å². The van der Waals surface area contributed by atoms with Crippen molar-refractivity contribution in [3.8, 4) is 0 Å². The van der Waals surface area contributed by atoms with Crippen molar-refractivity contribution >= 4 is 63.1 Å². The fraction of sp³-hybridized carbons (Fsp3) is 0. The van der Waals surface area contributed by atoms with Crippen LogP contribution in [0.15, 0.2) is 46.9 Å². The molecule has 3 aromatic rings. The van der Waals surface area contributed by atoms with Crippen molar-refractivity contribution in [1.29, 1.82) is 0 Å². The Balaban J connectivity index is 1.91. The Morgan fingerprint density at radius 2 is 2.10 bits per heavy atom. The van der Waals surface area contributed by atoms with Crippen LogP contribution in [0.5, 0.6) is 0 Å². The van der Waals surface area contributed by atoms with Gasteiger partial charge in [-0.3, -0.25) is 0 Å². The van der Waals surface area contributed by atoms with Crippen molar-refractivity contribution in [1.82, 2.24) is 9.97 Å². The SMILES string of the molecule is FSN(Sc1ccc2c(Cl)nccc2c1)c1nccs1. The Bertz CT molecular complexity index is 723. The van der Waals surface area contributed by atoms with Gasteiger partial charge in [0.05, 0.1) is 0 Å². The maximum absolute atomic E-state index is 13.0. The zero-order valence-corrected chi connectivity index (χ0v) is 13.1. The minimum atomic E-state index is 0.137. The van der Waals surface area contributed by atoms with Crippen molar-refractivity contribution in [2.75, 3.05) is 3.71 Å². The third kappa shape index (κ3) is 2.85. The van der Waals surface area contributed by atoms with Crippen LogP contribution in [-0.2, 0) is 0 Å². The predicted molar refractivity (Wildman–Crippen MR) is 85.9 cm³/mol. The molecule has 0 bridgehead atoms. The first-order chi connectivity index (χ1) is 9.78. The Hall–Kier alpha value is -1.02. The molecule has 102 valence electrons. The van der Waals surface area contributed by atoms with E-state index in [1.54, 1.807) is 12.4 Å². The molecule has 0 radical (unpaired) electrons. The van der Waals surface area contributed by atoms with Crippen LogP contribution < -0.4 is 3.71 Å². The summed E-state index contributed by atoms with van der Waals surface area (Å²) in [5.41, 5.74) is 0. The first kappa shape index (κ1) is 13.9. The lowest BCUT2D eigenvalue weighted by Crippen LogP contribution is -2.00. The molecular weight excluding hydrogens is 337 g/mol. The number of halogens is 2. The number of fused-ring (bicyclic) bond motifs is 1. The Morgan fingerprint density at radius 1 is 1.20 bits per heavy atom. The highest BCUT2D eigenvalue weighted by molar-refractivity contribution is 8.16. The van der Waals surface area contributed by atoms with Gasteiger partial charge in [-0.25, -0.2) is 9.97 Å². The smallest absolute Gasteiger partial charge is 0.208 e. The Labute approximate surface area is 132 Å². The molecular formula is C12H7ClFN3S3. The predicted octanol–water partition coefficient (Wildman–Crippen LogP) is 5.39. The van der Waals surface area contributed by atoms with E-state index in [1.807, 2.05) is 29.6 Å². The standard InChI is InChI=1S/C12H7ClFN3S3/c13-11-10-2-1-9(7-8(10)3-4-15-11)19-17(20-14)12-16-5-6-18-12/h1-7H.